The Morgan fingerprint density at radius 3 is 2.07 bits per heavy atom. The standard InChI is InChI=1S/C13H29N/c1-6-12(7-2)10-9-11-14-13(4,5)8-3/h12,14H,6-11H2,1-5H3. The van der Waals surface area contributed by atoms with Crippen LogP contribution in [-0.4, -0.2) is 12.1 Å². The maximum atomic E-state index is 3.61. The summed E-state index contributed by atoms with van der Waals surface area (Å²) in [6.45, 7) is 12.6. The third kappa shape index (κ3) is 6.42. The van der Waals surface area contributed by atoms with Gasteiger partial charge in [-0.15, -0.1) is 0 Å². The van der Waals surface area contributed by atoms with E-state index in [9.17, 15) is 0 Å². The molecule has 0 rings (SSSR count). The molecule has 1 nitrogen and oxygen atoms in total. The molecule has 86 valence electrons. The Bertz CT molecular complexity index is 125. The molecule has 0 aromatic rings. The predicted molar refractivity (Wildman–Crippen MR) is 65.7 cm³/mol. The van der Waals surface area contributed by atoms with Gasteiger partial charge in [0.05, 0.1) is 0 Å². The molecule has 0 saturated heterocycles. The number of hydrogen-bond donors (Lipinski definition) is 1. The van der Waals surface area contributed by atoms with Crippen LogP contribution in [0.1, 0.15) is 66.7 Å². The van der Waals surface area contributed by atoms with Gasteiger partial charge in [0.15, 0.2) is 0 Å². The average molecular weight is 199 g/mol. The SMILES string of the molecule is CCC(CC)CCCNC(C)(C)CC. The lowest BCUT2D eigenvalue weighted by Crippen LogP contribution is -2.39. The number of rotatable bonds is 8. The lowest BCUT2D eigenvalue weighted by atomic mass is 9.97. The fourth-order valence-corrected chi connectivity index (χ4v) is 1.64. The second-order valence-electron chi connectivity index (χ2n) is 4.99. The quantitative estimate of drug-likeness (QED) is 0.583. The second-order valence-corrected chi connectivity index (χ2v) is 4.99. The van der Waals surface area contributed by atoms with Gasteiger partial charge in [-0.3, -0.25) is 0 Å². The van der Waals surface area contributed by atoms with Crippen molar-refractivity contribution < 1.29 is 0 Å². The third-order valence-corrected chi connectivity index (χ3v) is 3.43. The third-order valence-electron chi connectivity index (χ3n) is 3.43. The van der Waals surface area contributed by atoms with E-state index in [2.05, 4.69) is 39.9 Å². The summed E-state index contributed by atoms with van der Waals surface area (Å²) in [5.74, 6) is 0.946. The highest BCUT2D eigenvalue weighted by molar-refractivity contribution is 4.74. The predicted octanol–water partition coefficient (Wildman–Crippen LogP) is 3.98. The molecule has 1 heteroatoms. The molecular weight excluding hydrogens is 170 g/mol. The van der Waals surface area contributed by atoms with Crippen molar-refractivity contribution in [2.45, 2.75) is 72.3 Å². The van der Waals surface area contributed by atoms with Gasteiger partial charge in [-0.1, -0.05) is 33.6 Å². The van der Waals surface area contributed by atoms with Crippen molar-refractivity contribution in [2.24, 2.45) is 5.92 Å². The van der Waals surface area contributed by atoms with Crippen LogP contribution in [0.3, 0.4) is 0 Å². The normalized spacial score (nSPS) is 12.4. The van der Waals surface area contributed by atoms with Gasteiger partial charge in [-0.25, -0.2) is 0 Å². The maximum absolute atomic E-state index is 3.61. The Morgan fingerprint density at radius 1 is 1.07 bits per heavy atom. The zero-order valence-electron chi connectivity index (χ0n) is 10.8. The van der Waals surface area contributed by atoms with Crippen molar-refractivity contribution in [3.8, 4) is 0 Å². The van der Waals surface area contributed by atoms with Gasteiger partial charge < -0.3 is 5.32 Å². The minimum atomic E-state index is 0.327. The molecule has 0 fully saturated rings. The lowest BCUT2D eigenvalue weighted by molar-refractivity contribution is 0.355. The zero-order chi connectivity index (χ0) is 11.0. The van der Waals surface area contributed by atoms with Gasteiger partial charge in [-0.05, 0) is 45.6 Å². The molecule has 0 heterocycles. The van der Waals surface area contributed by atoms with E-state index in [1.807, 2.05) is 0 Å². The summed E-state index contributed by atoms with van der Waals surface area (Å²) in [6, 6.07) is 0. The largest absolute Gasteiger partial charge is 0.312 e. The van der Waals surface area contributed by atoms with E-state index >= 15 is 0 Å². The first kappa shape index (κ1) is 14.0. The number of hydrogen-bond acceptors (Lipinski definition) is 1. The van der Waals surface area contributed by atoms with Gasteiger partial charge in [0, 0.05) is 5.54 Å². The van der Waals surface area contributed by atoms with E-state index in [0.717, 1.165) is 5.92 Å². The molecule has 0 atom stereocenters. The molecule has 0 unspecified atom stereocenters. The fourth-order valence-electron chi connectivity index (χ4n) is 1.64. The Morgan fingerprint density at radius 2 is 1.64 bits per heavy atom. The zero-order valence-corrected chi connectivity index (χ0v) is 10.8. The van der Waals surface area contributed by atoms with Crippen molar-refractivity contribution in [1.29, 1.82) is 0 Å². The summed E-state index contributed by atoms with van der Waals surface area (Å²) in [5, 5.41) is 3.61. The molecule has 0 bridgehead atoms. The summed E-state index contributed by atoms with van der Waals surface area (Å²) >= 11 is 0. The van der Waals surface area contributed by atoms with Crippen LogP contribution in [-0.2, 0) is 0 Å². The van der Waals surface area contributed by atoms with Crippen molar-refractivity contribution in [2.75, 3.05) is 6.54 Å². The molecular formula is C13H29N. The molecule has 0 aliphatic carbocycles. The summed E-state index contributed by atoms with van der Waals surface area (Å²) < 4.78 is 0. The van der Waals surface area contributed by atoms with Crippen LogP contribution in [0.2, 0.25) is 0 Å². The van der Waals surface area contributed by atoms with Gasteiger partial charge in [0.1, 0.15) is 0 Å². The first-order chi connectivity index (χ1) is 6.55. The smallest absolute Gasteiger partial charge is 0.0122 e. The van der Waals surface area contributed by atoms with Gasteiger partial charge >= 0.3 is 0 Å². The highest BCUT2D eigenvalue weighted by Gasteiger charge is 2.12. The Kier molecular flexibility index (Phi) is 7.26. The van der Waals surface area contributed by atoms with Gasteiger partial charge in [-0.2, -0.15) is 0 Å². The van der Waals surface area contributed by atoms with Gasteiger partial charge in [0.25, 0.3) is 0 Å². The highest BCUT2D eigenvalue weighted by atomic mass is 14.9. The Balaban J connectivity index is 3.45. The van der Waals surface area contributed by atoms with Crippen molar-refractivity contribution in [1.82, 2.24) is 5.32 Å². The van der Waals surface area contributed by atoms with E-state index in [0.29, 0.717) is 5.54 Å². The Labute approximate surface area is 90.7 Å². The molecule has 0 radical (unpaired) electrons. The van der Waals surface area contributed by atoms with Crippen LogP contribution in [0.25, 0.3) is 0 Å². The van der Waals surface area contributed by atoms with E-state index in [1.165, 1.54) is 38.6 Å². The molecule has 1 N–H and O–H groups in total. The van der Waals surface area contributed by atoms with Crippen LogP contribution in [0, 0.1) is 5.92 Å². The minimum absolute atomic E-state index is 0.327. The van der Waals surface area contributed by atoms with Crippen LogP contribution >= 0.6 is 0 Å². The van der Waals surface area contributed by atoms with Crippen molar-refractivity contribution in [3.63, 3.8) is 0 Å². The van der Waals surface area contributed by atoms with E-state index in [-0.39, 0.29) is 0 Å². The van der Waals surface area contributed by atoms with Gasteiger partial charge in [0.2, 0.25) is 0 Å². The number of nitrogens with one attached hydrogen (secondary N) is 1. The molecule has 0 aromatic heterocycles. The van der Waals surface area contributed by atoms with Crippen LogP contribution in [0.5, 0.6) is 0 Å². The summed E-state index contributed by atoms with van der Waals surface area (Å²) in [6.07, 6.45) is 6.61. The van der Waals surface area contributed by atoms with Crippen molar-refractivity contribution in [3.05, 3.63) is 0 Å². The monoisotopic (exact) mass is 199 g/mol. The van der Waals surface area contributed by atoms with Crippen LogP contribution < -0.4 is 5.32 Å². The topological polar surface area (TPSA) is 12.0 Å². The lowest BCUT2D eigenvalue weighted by Gasteiger charge is -2.25. The van der Waals surface area contributed by atoms with Crippen LogP contribution in [0.15, 0.2) is 0 Å². The maximum Gasteiger partial charge on any atom is 0.0122 e. The minimum Gasteiger partial charge on any atom is -0.312 e. The molecule has 0 saturated carbocycles. The molecule has 0 aliphatic rings. The fraction of sp³-hybridized carbons (Fsp3) is 1.00. The molecule has 0 aliphatic heterocycles. The average Bonchev–Trinajstić information content (AvgIpc) is 2.18. The van der Waals surface area contributed by atoms with E-state index < -0.39 is 0 Å². The first-order valence-corrected chi connectivity index (χ1v) is 6.30. The summed E-state index contributed by atoms with van der Waals surface area (Å²) in [5.41, 5.74) is 0.327. The molecule has 0 amide bonds. The molecule has 0 aromatic carbocycles. The molecule has 0 spiro atoms. The summed E-state index contributed by atoms with van der Waals surface area (Å²) in [7, 11) is 0. The molecule has 14 heavy (non-hydrogen) atoms. The second kappa shape index (κ2) is 7.28. The van der Waals surface area contributed by atoms with E-state index in [4.69, 9.17) is 0 Å². The first-order valence-electron chi connectivity index (χ1n) is 6.30. The summed E-state index contributed by atoms with van der Waals surface area (Å²) in [4.78, 5) is 0. The van der Waals surface area contributed by atoms with E-state index in [1.54, 1.807) is 0 Å². The van der Waals surface area contributed by atoms with Crippen LogP contribution in [0.4, 0.5) is 0 Å². The highest BCUT2D eigenvalue weighted by Crippen LogP contribution is 2.14. The Hall–Kier alpha value is -0.0400. The van der Waals surface area contributed by atoms with Crippen molar-refractivity contribution >= 4 is 0 Å².